The zero-order valence-electron chi connectivity index (χ0n) is 13.5. The summed E-state index contributed by atoms with van der Waals surface area (Å²) in [5, 5.41) is 10.3. The molecule has 126 valence electrons. The quantitative estimate of drug-likeness (QED) is 0.918. The number of amides is 1. The van der Waals surface area contributed by atoms with Gasteiger partial charge < -0.3 is 14.7 Å². The maximum absolute atomic E-state index is 12.8. The van der Waals surface area contributed by atoms with Gasteiger partial charge in [-0.05, 0) is 50.7 Å². The Bertz CT molecular complexity index is 569. The summed E-state index contributed by atoms with van der Waals surface area (Å²) in [6.45, 7) is 0.816. The molecule has 23 heavy (non-hydrogen) atoms. The van der Waals surface area contributed by atoms with Crippen molar-refractivity contribution in [3.63, 3.8) is 0 Å². The van der Waals surface area contributed by atoms with Gasteiger partial charge in [0.25, 0.3) is 0 Å². The van der Waals surface area contributed by atoms with Gasteiger partial charge in [-0.25, -0.2) is 0 Å². The lowest BCUT2D eigenvalue weighted by Gasteiger charge is -2.33. The molecule has 1 unspecified atom stereocenters. The molecule has 1 aliphatic heterocycles. The highest BCUT2D eigenvalue weighted by Crippen LogP contribution is 2.34. The molecule has 1 saturated heterocycles. The van der Waals surface area contributed by atoms with Gasteiger partial charge in [-0.1, -0.05) is 17.7 Å². The molecule has 1 saturated carbocycles. The molecule has 1 aromatic rings. The molecule has 0 aromatic heterocycles. The van der Waals surface area contributed by atoms with Crippen molar-refractivity contribution in [3.8, 4) is 5.75 Å². The highest BCUT2D eigenvalue weighted by molar-refractivity contribution is 6.31. The number of carbonyl (C=O) groups excluding carboxylic acids is 1. The summed E-state index contributed by atoms with van der Waals surface area (Å²) in [6.07, 6.45) is 4.74. The Kier molecular flexibility index (Phi) is 5.12. The highest BCUT2D eigenvalue weighted by Gasteiger charge is 2.37. The van der Waals surface area contributed by atoms with Crippen LogP contribution in [0.4, 0.5) is 0 Å². The number of aliphatic hydroxyl groups excluding tert-OH is 1. The number of benzene rings is 1. The van der Waals surface area contributed by atoms with Gasteiger partial charge in [0.15, 0.2) is 0 Å². The Morgan fingerprint density at radius 3 is 2.70 bits per heavy atom. The van der Waals surface area contributed by atoms with E-state index in [2.05, 4.69) is 0 Å². The topological polar surface area (TPSA) is 49.8 Å². The molecular formula is C18H24ClNO3. The largest absolute Gasteiger partial charge is 0.496 e. The molecule has 1 aliphatic carbocycles. The fraction of sp³-hybridized carbons (Fsp3) is 0.611. The Morgan fingerprint density at radius 2 is 2.00 bits per heavy atom. The van der Waals surface area contributed by atoms with E-state index < -0.39 is 0 Å². The van der Waals surface area contributed by atoms with Crippen molar-refractivity contribution in [2.24, 2.45) is 5.92 Å². The number of halogens is 1. The number of ether oxygens (including phenoxy) is 1. The lowest BCUT2D eigenvalue weighted by molar-refractivity contribution is -0.133. The average molecular weight is 338 g/mol. The van der Waals surface area contributed by atoms with E-state index in [4.69, 9.17) is 16.3 Å². The number of hydrogen-bond donors (Lipinski definition) is 1. The first-order chi connectivity index (χ1) is 11.1. The van der Waals surface area contributed by atoms with E-state index in [0.29, 0.717) is 17.5 Å². The van der Waals surface area contributed by atoms with Crippen molar-refractivity contribution in [2.75, 3.05) is 13.7 Å². The summed E-state index contributed by atoms with van der Waals surface area (Å²) in [5.41, 5.74) is 0.927. The van der Waals surface area contributed by atoms with E-state index in [1.165, 1.54) is 0 Å². The smallest absolute Gasteiger partial charge is 0.226 e. The summed E-state index contributed by atoms with van der Waals surface area (Å²) in [7, 11) is 1.63. The lowest BCUT2D eigenvalue weighted by Crippen LogP contribution is -2.41. The number of likely N-dealkylation sites (tertiary alicyclic amines) is 1. The summed E-state index contributed by atoms with van der Waals surface area (Å²) in [6, 6.07) is 5.89. The lowest BCUT2D eigenvalue weighted by atomic mass is 9.92. The second-order valence-electron chi connectivity index (χ2n) is 6.60. The predicted molar refractivity (Wildman–Crippen MR) is 89.8 cm³/mol. The first-order valence-corrected chi connectivity index (χ1v) is 8.78. The maximum Gasteiger partial charge on any atom is 0.226 e. The van der Waals surface area contributed by atoms with Gasteiger partial charge in [0, 0.05) is 29.1 Å². The molecular weight excluding hydrogens is 314 g/mol. The van der Waals surface area contributed by atoms with E-state index in [1.807, 2.05) is 23.1 Å². The van der Waals surface area contributed by atoms with Crippen LogP contribution >= 0.6 is 11.6 Å². The maximum atomic E-state index is 12.8. The minimum Gasteiger partial charge on any atom is -0.496 e. The molecule has 1 heterocycles. The molecule has 2 aliphatic rings. The normalized spacial score (nSPS) is 28.2. The Balaban J connectivity index is 1.68. The molecule has 1 atom stereocenters. The summed E-state index contributed by atoms with van der Waals surface area (Å²) in [4.78, 5) is 14.8. The molecule has 4 nitrogen and oxygen atoms in total. The van der Waals surface area contributed by atoms with Gasteiger partial charge in [-0.15, -0.1) is 0 Å². The number of hydrogen-bond acceptors (Lipinski definition) is 3. The van der Waals surface area contributed by atoms with Crippen LogP contribution in [0.3, 0.4) is 0 Å². The Morgan fingerprint density at radius 1 is 1.26 bits per heavy atom. The minimum atomic E-state index is -0.188. The Hall–Kier alpha value is -1.26. The van der Waals surface area contributed by atoms with Crippen LogP contribution in [-0.4, -0.2) is 41.7 Å². The third kappa shape index (κ3) is 3.48. The van der Waals surface area contributed by atoms with E-state index in [9.17, 15) is 9.90 Å². The number of aliphatic hydroxyl groups is 1. The zero-order valence-corrected chi connectivity index (χ0v) is 14.3. The van der Waals surface area contributed by atoms with Crippen molar-refractivity contribution < 1.29 is 14.6 Å². The summed E-state index contributed by atoms with van der Waals surface area (Å²) < 4.78 is 5.39. The van der Waals surface area contributed by atoms with Crippen molar-refractivity contribution >= 4 is 17.5 Å². The molecule has 1 N–H and O–H groups in total. The Labute approximate surface area is 142 Å². The van der Waals surface area contributed by atoms with E-state index in [1.54, 1.807) is 7.11 Å². The number of carbonyl (C=O) groups is 1. The van der Waals surface area contributed by atoms with Gasteiger partial charge in [0.2, 0.25) is 5.91 Å². The molecule has 1 amide bonds. The second-order valence-corrected chi connectivity index (χ2v) is 7.01. The highest BCUT2D eigenvalue weighted by atomic mass is 35.5. The zero-order chi connectivity index (χ0) is 16.4. The number of nitrogens with zero attached hydrogens (tertiary/aromatic N) is 1. The molecule has 0 bridgehead atoms. The predicted octanol–water partition coefficient (Wildman–Crippen LogP) is 3.04. The van der Waals surface area contributed by atoms with Crippen LogP contribution in [0.2, 0.25) is 5.02 Å². The monoisotopic (exact) mass is 337 g/mol. The van der Waals surface area contributed by atoms with Crippen LogP contribution in [0.1, 0.15) is 37.7 Å². The SMILES string of the molecule is COc1cccc(Cl)c1CC1CCN([C@H]2CC[C@@H](O)CC2)C1=O. The minimum absolute atomic E-state index is 0.0179. The molecule has 3 rings (SSSR count). The standard InChI is InChI=1S/C18H24ClNO3/c1-23-17-4-2-3-16(19)15(17)11-12-9-10-20(18(12)22)13-5-7-14(21)8-6-13/h2-4,12-14,21H,5-11H2,1H3/t12?,13-,14+. The van der Waals surface area contributed by atoms with Crippen molar-refractivity contribution in [2.45, 2.75) is 50.7 Å². The van der Waals surface area contributed by atoms with Crippen LogP contribution in [-0.2, 0) is 11.2 Å². The van der Waals surface area contributed by atoms with Crippen molar-refractivity contribution in [1.29, 1.82) is 0 Å². The molecule has 2 fully saturated rings. The van der Waals surface area contributed by atoms with Gasteiger partial charge in [0.05, 0.1) is 13.2 Å². The summed E-state index contributed by atoms with van der Waals surface area (Å²) in [5.74, 6) is 0.966. The average Bonchev–Trinajstić information content (AvgIpc) is 2.91. The molecule has 0 spiro atoms. The van der Waals surface area contributed by atoms with Crippen LogP contribution < -0.4 is 4.74 Å². The van der Waals surface area contributed by atoms with Gasteiger partial charge in [-0.3, -0.25) is 4.79 Å². The van der Waals surface area contributed by atoms with E-state index in [-0.39, 0.29) is 17.9 Å². The van der Waals surface area contributed by atoms with Gasteiger partial charge in [-0.2, -0.15) is 0 Å². The fourth-order valence-corrected chi connectivity index (χ4v) is 4.10. The van der Waals surface area contributed by atoms with Crippen LogP contribution in [0.25, 0.3) is 0 Å². The van der Waals surface area contributed by atoms with Crippen molar-refractivity contribution in [3.05, 3.63) is 28.8 Å². The first-order valence-electron chi connectivity index (χ1n) is 8.40. The fourth-order valence-electron chi connectivity index (χ4n) is 3.86. The van der Waals surface area contributed by atoms with Gasteiger partial charge in [0.1, 0.15) is 5.75 Å². The molecule has 1 aromatic carbocycles. The number of methoxy groups -OCH3 is 1. The van der Waals surface area contributed by atoms with Crippen LogP contribution in [0.15, 0.2) is 18.2 Å². The van der Waals surface area contributed by atoms with Gasteiger partial charge >= 0.3 is 0 Å². The number of rotatable bonds is 4. The summed E-state index contributed by atoms with van der Waals surface area (Å²) >= 11 is 6.30. The molecule has 5 heteroatoms. The first kappa shape index (κ1) is 16.6. The van der Waals surface area contributed by atoms with Crippen molar-refractivity contribution in [1.82, 2.24) is 4.90 Å². The molecule has 0 radical (unpaired) electrons. The van der Waals surface area contributed by atoms with Crippen LogP contribution in [0, 0.1) is 5.92 Å². The van der Waals surface area contributed by atoms with E-state index in [0.717, 1.165) is 50.0 Å². The third-order valence-corrected chi connectivity index (χ3v) is 5.56. The van der Waals surface area contributed by atoms with Crippen LogP contribution in [0.5, 0.6) is 5.75 Å². The third-order valence-electron chi connectivity index (χ3n) is 5.20. The van der Waals surface area contributed by atoms with E-state index >= 15 is 0 Å². The second kappa shape index (κ2) is 7.10.